The lowest BCUT2D eigenvalue weighted by Gasteiger charge is -2.08. The van der Waals surface area contributed by atoms with E-state index in [4.69, 9.17) is 5.73 Å². The molecule has 1 aromatic heterocycles. The van der Waals surface area contributed by atoms with Crippen LogP contribution in [0.3, 0.4) is 0 Å². The van der Waals surface area contributed by atoms with E-state index in [-0.39, 0.29) is 11.8 Å². The number of rotatable bonds is 5. The minimum absolute atomic E-state index is 0.146. The van der Waals surface area contributed by atoms with Crippen LogP contribution in [0.5, 0.6) is 0 Å². The highest BCUT2D eigenvalue weighted by Gasteiger charge is 2.11. The van der Waals surface area contributed by atoms with Gasteiger partial charge in [-0.15, -0.1) is 11.3 Å². The smallest absolute Gasteiger partial charge is 0.273 e. The summed E-state index contributed by atoms with van der Waals surface area (Å²) in [6.07, 6.45) is 0. The van der Waals surface area contributed by atoms with Gasteiger partial charge in [-0.3, -0.25) is 9.59 Å². The molecule has 6 nitrogen and oxygen atoms in total. The van der Waals surface area contributed by atoms with Crippen LogP contribution >= 0.6 is 11.3 Å². The molecule has 2 amide bonds. The number of carbonyl (C=O) groups excluding carboxylic acids is 2. The van der Waals surface area contributed by atoms with Crippen molar-refractivity contribution in [3.8, 4) is 0 Å². The van der Waals surface area contributed by atoms with Crippen LogP contribution in [-0.4, -0.2) is 17.5 Å². The number of hydrogen-bond donors (Lipinski definition) is 3. The first-order valence-corrected chi connectivity index (χ1v) is 9.48. The van der Waals surface area contributed by atoms with Gasteiger partial charge < -0.3 is 11.1 Å². The lowest BCUT2D eigenvalue weighted by molar-refractivity contribution is 0.0955. The van der Waals surface area contributed by atoms with Crippen LogP contribution in [0.2, 0.25) is 0 Å². The second-order valence-corrected chi connectivity index (χ2v) is 7.11. The molecule has 0 aliphatic heterocycles. The molecule has 1 heterocycles. The SMILES string of the molecule is C/C(=N/NC(=O)c1ccccc1N)c1cccc(NC(=O)c2sccc2C)c1. The van der Waals surface area contributed by atoms with Gasteiger partial charge >= 0.3 is 0 Å². The van der Waals surface area contributed by atoms with Crippen molar-refractivity contribution in [3.05, 3.63) is 81.5 Å². The summed E-state index contributed by atoms with van der Waals surface area (Å²) < 4.78 is 0. The van der Waals surface area contributed by atoms with Crippen LogP contribution < -0.4 is 16.5 Å². The lowest BCUT2D eigenvalue weighted by Crippen LogP contribution is -2.20. The highest BCUT2D eigenvalue weighted by atomic mass is 32.1. The van der Waals surface area contributed by atoms with E-state index in [0.717, 1.165) is 11.1 Å². The van der Waals surface area contributed by atoms with Crippen molar-refractivity contribution in [2.24, 2.45) is 5.10 Å². The number of thiophene rings is 1. The maximum absolute atomic E-state index is 12.4. The molecule has 0 saturated heterocycles. The molecule has 0 saturated carbocycles. The molecule has 4 N–H and O–H groups in total. The fourth-order valence-corrected chi connectivity index (χ4v) is 3.40. The summed E-state index contributed by atoms with van der Waals surface area (Å²) in [7, 11) is 0. The van der Waals surface area contributed by atoms with Gasteiger partial charge in [0.1, 0.15) is 0 Å². The Morgan fingerprint density at radius 2 is 1.82 bits per heavy atom. The van der Waals surface area contributed by atoms with Gasteiger partial charge in [-0.25, -0.2) is 5.43 Å². The van der Waals surface area contributed by atoms with Crippen molar-refractivity contribution in [1.82, 2.24) is 5.43 Å². The molecule has 0 bridgehead atoms. The van der Waals surface area contributed by atoms with E-state index in [0.29, 0.717) is 27.5 Å². The first-order valence-electron chi connectivity index (χ1n) is 8.60. The van der Waals surface area contributed by atoms with E-state index in [9.17, 15) is 9.59 Å². The predicted octanol–water partition coefficient (Wildman–Crippen LogP) is 4.05. The van der Waals surface area contributed by atoms with Crippen molar-refractivity contribution >= 4 is 40.2 Å². The number of nitrogens with zero attached hydrogens (tertiary/aromatic N) is 1. The maximum Gasteiger partial charge on any atom is 0.273 e. The number of para-hydroxylation sites is 1. The Kier molecular flexibility index (Phi) is 5.86. The summed E-state index contributed by atoms with van der Waals surface area (Å²) in [5.41, 5.74) is 12.1. The van der Waals surface area contributed by atoms with Crippen molar-refractivity contribution in [1.29, 1.82) is 0 Å². The Balaban J connectivity index is 1.71. The van der Waals surface area contributed by atoms with E-state index in [2.05, 4.69) is 15.8 Å². The number of nitrogens with one attached hydrogen (secondary N) is 2. The van der Waals surface area contributed by atoms with Crippen LogP contribution in [0, 0.1) is 6.92 Å². The molecule has 0 aliphatic carbocycles. The molecule has 0 aliphatic rings. The molecule has 142 valence electrons. The Morgan fingerprint density at radius 1 is 1.04 bits per heavy atom. The van der Waals surface area contributed by atoms with Crippen molar-refractivity contribution in [2.75, 3.05) is 11.1 Å². The Labute approximate surface area is 167 Å². The molecule has 0 radical (unpaired) electrons. The summed E-state index contributed by atoms with van der Waals surface area (Å²) in [6, 6.07) is 16.0. The topological polar surface area (TPSA) is 96.6 Å². The van der Waals surface area contributed by atoms with Gasteiger partial charge in [0, 0.05) is 11.4 Å². The molecule has 3 rings (SSSR count). The zero-order chi connectivity index (χ0) is 20.1. The van der Waals surface area contributed by atoms with Crippen molar-refractivity contribution < 1.29 is 9.59 Å². The summed E-state index contributed by atoms with van der Waals surface area (Å²) in [6.45, 7) is 3.68. The van der Waals surface area contributed by atoms with Crippen molar-refractivity contribution in [3.63, 3.8) is 0 Å². The fraction of sp³-hybridized carbons (Fsp3) is 0.0952. The van der Waals surface area contributed by atoms with Crippen molar-refractivity contribution in [2.45, 2.75) is 13.8 Å². The van der Waals surface area contributed by atoms with Crippen LogP contribution in [-0.2, 0) is 0 Å². The molecule has 3 aromatic rings. The molecule has 0 unspecified atom stereocenters. The standard InChI is InChI=1S/C21H20N4O2S/c1-13-10-11-28-19(13)21(27)23-16-7-5-6-15(12-16)14(2)24-25-20(26)17-8-3-4-9-18(17)22/h3-12H,22H2,1-2H3,(H,23,27)(H,25,26)/b24-14-. The molecule has 0 spiro atoms. The summed E-state index contributed by atoms with van der Waals surface area (Å²) >= 11 is 1.40. The zero-order valence-electron chi connectivity index (χ0n) is 15.5. The number of benzene rings is 2. The molecule has 2 aromatic carbocycles. The third-order valence-electron chi connectivity index (χ3n) is 4.14. The Hall–Kier alpha value is -3.45. The molecule has 28 heavy (non-hydrogen) atoms. The second kappa shape index (κ2) is 8.49. The number of hydrogen-bond acceptors (Lipinski definition) is 5. The Morgan fingerprint density at radius 3 is 2.54 bits per heavy atom. The Bertz CT molecular complexity index is 1060. The number of hydrazone groups is 1. The van der Waals surface area contributed by atoms with E-state index in [1.54, 1.807) is 37.3 Å². The van der Waals surface area contributed by atoms with Gasteiger partial charge in [0.25, 0.3) is 11.8 Å². The summed E-state index contributed by atoms with van der Waals surface area (Å²) in [5, 5.41) is 8.93. The number of nitrogens with two attached hydrogens (primary N) is 1. The van der Waals surface area contributed by atoms with E-state index < -0.39 is 0 Å². The van der Waals surface area contributed by atoms with E-state index in [1.807, 2.05) is 36.6 Å². The van der Waals surface area contributed by atoms with Crippen LogP contribution in [0.25, 0.3) is 0 Å². The molecule has 0 atom stereocenters. The third kappa shape index (κ3) is 4.44. The van der Waals surface area contributed by atoms with Gasteiger partial charge in [0.05, 0.1) is 16.2 Å². The maximum atomic E-state index is 12.4. The highest BCUT2D eigenvalue weighted by molar-refractivity contribution is 7.12. The first-order chi connectivity index (χ1) is 13.5. The van der Waals surface area contributed by atoms with Gasteiger partial charge in [-0.2, -0.15) is 5.10 Å². The quantitative estimate of drug-likeness (QED) is 0.347. The minimum Gasteiger partial charge on any atom is -0.398 e. The number of anilines is 2. The van der Waals surface area contributed by atoms with Crippen LogP contribution in [0.15, 0.2) is 65.1 Å². The number of carbonyl (C=O) groups is 2. The lowest BCUT2D eigenvalue weighted by atomic mass is 10.1. The first kappa shape index (κ1) is 19.3. The molecular weight excluding hydrogens is 372 g/mol. The van der Waals surface area contributed by atoms with Gasteiger partial charge in [0.2, 0.25) is 0 Å². The van der Waals surface area contributed by atoms with Crippen LogP contribution in [0.1, 0.15) is 38.1 Å². The largest absolute Gasteiger partial charge is 0.398 e. The molecule has 0 fully saturated rings. The fourth-order valence-electron chi connectivity index (χ4n) is 2.58. The van der Waals surface area contributed by atoms with E-state index >= 15 is 0 Å². The monoisotopic (exact) mass is 392 g/mol. The highest BCUT2D eigenvalue weighted by Crippen LogP contribution is 2.19. The zero-order valence-corrected chi connectivity index (χ0v) is 16.3. The number of nitrogen functional groups attached to an aromatic ring is 1. The number of aryl methyl sites for hydroxylation is 1. The molecular formula is C21H20N4O2S. The van der Waals surface area contributed by atoms with E-state index in [1.165, 1.54) is 11.3 Å². The number of amides is 2. The summed E-state index contributed by atoms with van der Waals surface area (Å²) in [5.74, 6) is -0.526. The third-order valence-corrected chi connectivity index (χ3v) is 5.15. The average molecular weight is 392 g/mol. The predicted molar refractivity (Wildman–Crippen MR) is 114 cm³/mol. The normalized spacial score (nSPS) is 11.1. The van der Waals surface area contributed by atoms with Gasteiger partial charge in [0.15, 0.2) is 0 Å². The minimum atomic E-state index is -0.380. The van der Waals surface area contributed by atoms with Gasteiger partial charge in [-0.05, 0) is 60.7 Å². The summed E-state index contributed by atoms with van der Waals surface area (Å²) in [4.78, 5) is 25.3. The molecule has 7 heteroatoms. The van der Waals surface area contributed by atoms with Gasteiger partial charge in [-0.1, -0.05) is 24.3 Å². The average Bonchev–Trinajstić information content (AvgIpc) is 3.12. The van der Waals surface area contributed by atoms with Crippen LogP contribution in [0.4, 0.5) is 11.4 Å². The second-order valence-electron chi connectivity index (χ2n) is 6.19.